The highest BCUT2D eigenvalue weighted by Gasteiger charge is 2.58. The highest BCUT2D eigenvalue weighted by Crippen LogP contribution is 2.48. The van der Waals surface area contributed by atoms with Crippen LogP contribution in [0.1, 0.15) is 24.4 Å². The molecule has 2 saturated carbocycles. The molecule has 3 fully saturated rings. The molecule has 194 valence electrons. The van der Waals surface area contributed by atoms with Crippen LogP contribution < -0.4 is 10.9 Å². The maximum Gasteiger partial charge on any atom is 0.260 e. The standard InChI is InChI=1S/C28H26ClN5O3S/c1-16-6-10-19(11-7-16)38(36,37)33-14-22-23(15-33)25(22)31-28-30-13-17-12-21(20-4-2-3-5-24(20)29)27(35)34(18-8-9-18)26(17)32-28/h2-7,10-13,18,22-23,25H,8-9,14-15H2,1H3,(H,30,31,32). The number of halogens is 1. The van der Waals surface area contributed by atoms with Crippen molar-refractivity contribution in [1.29, 1.82) is 0 Å². The molecule has 1 saturated heterocycles. The Morgan fingerprint density at radius 3 is 2.39 bits per heavy atom. The van der Waals surface area contributed by atoms with Crippen molar-refractivity contribution in [2.75, 3.05) is 18.4 Å². The van der Waals surface area contributed by atoms with Gasteiger partial charge in [-0.15, -0.1) is 0 Å². The zero-order valence-electron chi connectivity index (χ0n) is 20.7. The highest BCUT2D eigenvalue weighted by molar-refractivity contribution is 7.89. The molecule has 1 aliphatic heterocycles. The third kappa shape index (κ3) is 3.92. The Morgan fingerprint density at radius 1 is 1.00 bits per heavy atom. The van der Waals surface area contributed by atoms with Crippen LogP contribution in [0.15, 0.2) is 70.5 Å². The summed E-state index contributed by atoms with van der Waals surface area (Å²) in [5, 5.41) is 4.72. The third-order valence-corrected chi connectivity index (χ3v) is 10.1. The molecule has 1 N–H and O–H groups in total. The number of nitrogens with one attached hydrogen (secondary N) is 1. The van der Waals surface area contributed by atoms with E-state index in [1.807, 2.05) is 43.3 Å². The summed E-state index contributed by atoms with van der Waals surface area (Å²) in [6.07, 6.45) is 3.62. The summed E-state index contributed by atoms with van der Waals surface area (Å²) in [7, 11) is -3.50. The molecular formula is C28H26ClN5O3S. The van der Waals surface area contributed by atoms with E-state index in [1.54, 1.807) is 33.3 Å². The lowest BCUT2D eigenvalue weighted by molar-refractivity contribution is 0.436. The van der Waals surface area contributed by atoms with Crippen molar-refractivity contribution in [2.24, 2.45) is 11.8 Å². The Kier molecular flexibility index (Phi) is 5.41. The average Bonchev–Trinajstić information content (AvgIpc) is 3.80. The number of fused-ring (bicyclic) bond motifs is 2. The fraction of sp³-hybridized carbons (Fsp3) is 0.321. The van der Waals surface area contributed by atoms with Gasteiger partial charge in [-0.2, -0.15) is 9.29 Å². The van der Waals surface area contributed by atoms with Crippen LogP contribution in [0.25, 0.3) is 22.2 Å². The largest absolute Gasteiger partial charge is 0.351 e. The van der Waals surface area contributed by atoms with Crippen LogP contribution >= 0.6 is 11.6 Å². The summed E-state index contributed by atoms with van der Waals surface area (Å²) in [5.74, 6) is 0.884. The van der Waals surface area contributed by atoms with Crippen molar-refractivity contribution in [1.82, 2.24) is 18.8 Å². The number of benzene rings is 2. The second-order valence-corrected chi connectivity index (χ2v) is 12.9. The molecule has 3 aliphatic rings. The highest BCUT2D eigenvalue weighted by atomic mass is 35.5. The first-order valence-electron chi connectivity index (χ1n) is 12.8. The molecule has 7 rings (SSSR count). The fourth-order valence-electron chi connectivity index (χ4n) is 5.64. The van der Waals surface area contributed by atoms with Crippen molar-refractivity contribution >= 4 is 38.6 Å². The molecule has 4 aromatic rings. The predicted octanol–water partition coefficient (Wildman–Crippen LogP) is 4.49. The Balaban J connectivity index is 1.13. The third-order valence-electron chi connectivity index (χ3n) is 7.96. The molecule has 2 aromatic carbocycles. The summed E-state index contributed by atoms with van der Waals surface area (Å²) in [4.78, 5) is 23.2. The van der Waals surface area contributed by atoms with Gasteiger partial charge in [0.25, 0.3) is 5.56 Å². The van der Waals surface area contributed by atoms with Gasteiger partial charge in [0.1, 0.15) is 5.65 Å². The molecular weight excluding hydrogens is 522 g/mol. The van der Waals surface area contributed by atoms with Crippen LogP contribution in [0, 0.1) is 18.8 Å². The van der Waals surface area contributed by atoms with Gasteiger partial charge in [-0.1, -0.05) is 47.5 Å². The van der Waals surface area contributed by atoms with Gasteiger partial charge in [-0.3, -0.25) is 9.36 Å². The Labute approximate surface area is 225 Å². The van der Waals surface area contributed by atoms with Gasteiger partial charge >= 0.3 is 0 Å². The van der Waals surface area contributed by atoms with E-state index in [0.717, 1.165) is 23.8 Å². The van der Waals surface area contributed by atoms with E-state index < -0.39 is 10.0 Å². The van der Waals surface area contributed by atoms with Crippen molar-refractivity contribution in [2.45, 2.75) is 36.7 Å². The molecule has 0 bridgehead atoms. The maximum absolute atomic E-state index is 13.5. The van der Waals surface area contributed by atoms with Crippen LogP contribution in [-0.2, 0) is 10.0 Å². The van der Waals surface area contributed by atoms with Gasteiger partial charge in [-0.05, 0) is 55.9 Å². The Bertz CT molecular complexity index is 1740. The second-order valence-electron chi connectivity index (χ2n) is 10.5. The lowest BCUT2D eigenvalue weighted by atomic mass is 10.1. The van der Waals surface area contributed by atoms with Crippen LogP contribution in [0.3, 0.4) is 0 Å². The molecule has 0 amide bonds. The summed E-state index contributed by atoms with van der Waals surface area (Å²) < 4.78 is 29.5. The number of sulfonamides is 1. The summed E-state index contributed by atoms with van der Waals surface area (Å²) in [5.41, 5.74) is 2.79. The minimum atomic E-state index is -3.50. The molecule has 0 spiro atoms. The smallest absolute Gasteiger partial charge is 0.260 e. The van der Waals surface area contributed by atoms with E-state index in [2.05, 4.69) is 10.3 Å². The second kappa shape index (κ2) is 8.62. The number of pyridine rings is 1. The number of nitrogens with zero attached hydrogens (tertiary/aromatic N) is 4. The van der Waals surface area contributed by atoms with E-state index in [1.165, 1.54) is 0 Å². The fourth-order valence-corrected chi connectivity index (χ4v) is 7.39. The Morgan fingerprint density at radius 2 is 1.71 bits per heavy atom. The number of piperidine rings is 1. The van der Waals surface area contributed by atoms with E-state index >= 15 is 0 Å². The lowest BCUT2D eigenvalue weighted by Gasteiger charge is -2.20. The van der Waals surface area contributed by atoms with Crippen LogP contribution in [0.2, 0.25) is 5.02 Å². The summed E-state index contributed by atoms with van der Waals surface area (Å²) in [6.45, 7) is 2.88. The van der Waals surface area contributed by atoms with Crippen LogP contribution in [0.4, 0.5) is 5.95 Å². The first-order valence-corrected chi connectivity index (χ1v) is 14.6. The number of hydrogen-bond acceptors (Lipinski definition) is 6. The number of hydrogen-bond donors (Lipinski definition) is 1. The summed E-state index contributed by atoms with van der Waals surface area (Å²) in [6, 6.07) is 16.4. The van der Waals surface area contributed by atoms with Gasteiger partial charge in [0.2, 0.25) is 16.0 Å². The molecule has 2 aromatic heterocycles. The first kappa shape index (κ1) is 23.8. The normalized spacial score (nSPS) is 22.9. The molecule has 2 atom stereocenters. The molecule has 2 aliphatic carbocycles. The number of anilines is 1. The zero-order chi connectivity index (χ0) is 26.2. The van der Waals surface area contributed by atoms with Crippen LogP contribution in [0.5, 0.6) is 0 Å². The van der Waals surface area contributed by atoms with E-state index in [0.29, 0.717) is 45.7 Å². The first-order chi connectivity index (χ1) is 18.3. The Hall–Kier alpha value is -3.27. The van der Waals surface area contributed by atoms with Crippen molar-refractivity contribution in [3.8, 4) is 11.1 Å². The van der Waals surface area contributed by atoms with E-state index in [4.69, 9.17) is 16.6 Å². The molecule has 3 heterocycles. The lowest BCUT2D eigenvalue weighted by Crippen LogP contribution is -2.33. The van der Waals surface area contributed by atoms with Crippen molar-refractivity contribution in [3.05, 3.63) is 81.7 Å². The van der Waals surface area contributed by atoms with Crippen molar-refractivity contribution in [3.63, 3.8) is 0 Å². The average molecular weight is 548 g/mol. The van der Waals surface area contributed by atoms with Gasteiger partial charge in [0.15, 0.2) is 0 Å². The van der Waals surface area contributed by atoms with Crippen LogP contribution in [-0.4, -0.2) is 46.4 Å². The van der Waals surface area contributed by atoms with E-state index in [-0.39, 0.29) is 29.5 Å². The molecule has 10 heteroatoms. The zero-order valence-corrected chi connectivity index (χ0v) is 22.3. The number of aryl methyl sites for hydroxylation is 1. The SMILES string of the molecule is Cc1ccc(S(=O)(=O)N2CC3C(C2)C3Nc2ncc3cc(-c4ccccc4Cl)c(=O)n(C4CC4)c3n2)cc1. The van der Waals surface area contributed by atoms with Gasteiger partial charge in [-0.25, -0.2) is 13.4 Å². The monoisotopic (exact) mass is 547 g/mol. The molecule has 2 unspecified atom stereocenters. The van der Waals surface area contributed by atoms with Gasteiger partial charge in [0.05, 0.1) is 4.90 Å². The molecule has 0 radical (unpaired) electrons. The maximum atomic E-state index is 13.5. The number of aromatic nitrogens is 3. The van der Waals surface area contributed by atoms with Gasteiger partial charge in [0, 0.05) is 52.9 Å². The minimum absolute atomic E-state index is 0.0991. The molecule has 38 heavy (non-hydrogen) atoms. The minimum Gasteiger partial charge on any atom is -0.351 e. The summed E-state index contributed by atoms with van der Waals surface area (Å²) >= 11 is 6.41. The predicted molar refractivity (Wildman–Crippen MR) is 147 cm³/mol. The number of rotatable bonds is 6. The van der Waals surface area contributed by atoms with E-state index in [9.17, 15) is 13.2 Å². The van der Waals surface area contributed by atoms with Crippen molar-refractivity contribution < 1.29 is 8.42 Å². The quantitative estimate of drug-likeness (QED) is 0.382. The topological polar surface area (TPSA) is 97.2 Å². The van der Waals surface area contributed by atoms with Gasteiger partial charge < -0.3 is 5.32 Å². The molecule has 8 nitrogen and oxygen atoms in total.